The summed E-state index contributed by atoms with van der Waals surface area (Å²) in [6.07, 6.45) is 0. The maximum atomic E-state index is 5.22. The van der Waals surface area contributed by atoms with Gasteiger partial charge in [-0.3, -0.25) is 0 Å². The van der Waals surface area contributed by atoms with E-state index in [1.165, 1.54) is 0 Å². The second kappa shape index (κ2) is 7.82. The molecule has 64 valence electrons. The Morgan fingerprint density at radius 3 is 2.73 bits per heavy atom. The van der Waals surface area contributed by atoms with Crippen molar-refractivity contribution in [3.05, 3.63) is 0 Å². The molecular formula is C7H14N2OS. The standard InChI is InChI=1S/C7H14N2OS/c1-9(2)4-6-10-5-3-8-7-11/h3-6H2,1-2H3. The van der Waals surface area contributed by atoms with Crippen LogP contribution in [0, 0.1) is 0 Å². The number of rotatable bonds is 6. The smallest absolute Gasteiger partial charge is 0.0727 e. The second-order valence-electron chi connectivity index (χ2n) is 2.39. The highest BCUT2D eigenvalue weighted by molar-refractivity contribution is 7.78. The molecule has 0 fully saturated rings. The fraction of sp³-hybridized carbons (Fsp3) is 0.857. The molecule has 3 nitrogen and oxygen atoms in total. The van der Waals surface area contributed by atoms with Crippen molar-refractivity contribution in [3.8, 4) is 0 Å². The van der Waals surface area contributed by atoms with E-state index in [4.69, 9.17) is 4.74 Å². The van der Waals surface area contributed by atoms with E-state index >= 15 is 0 Å². The van der Waals surface area contributed by atoms with Gasteiger partial charge < -0.3 is 9.64 Å². The topological polar surface area (TPSA) is 24.8 Å². The molecule has 0 atom stereocenters. The summed E-state index contributed by atoms with van der Waals surface area (Å²) in [6.45, 7) is 2.95. The van der Waals surface area contributed by atoms with E-state index in [1.54, 1.807) is 0 Å². The van der Waals surface area contributed by atoms with E-state index in [0.29, 0.717) is 13.2 Å². The lowest BCUT2D eigenvalue weighted by Crippen LogP contribution is -2.18. The lowest BCUT2D eigenvalue weighted by atomic mass is 10.6. The maximum Gasteiger partial charge on any atom is 0.0727 e. The minimum absolute atomic E-state index is 0.622. The zero-order chi connectivity index (χ0) is 8.53. The number of thiocarbonyl (C=S) groups is 1. The molecule has 0 spiro atoms. The van der Waals surface area contributed by atoms with Gasteiger partial charge in [-0.2, -0.15) is 0 Å². The second-order valence-corrected chi connectivity index (χ2v) is 2.57. The van der Waals surface area contributed by atoms with E-state index in [1.807, 2.05) is 14.1 Å². The van der Waals surface area contributed by atoms with Crippen molar-refractivity contribution in [2.24, 2.45) is 4.99 Å². The van der Waals surface area contributed by atoms with E-state index in [0.717, 1.165) is 13.2 Å². The predicted molar refractivity (Wildman–Crippen MR) is 49.3 cm³/mol. The highest BCUT2D eigenvalue weighted by Gasteiger charge is 1.88. The van der Waals surface area contributed by atoms with Crippen LogP contribution in [-0.4, -0.2) is 50.5 Å². The summed E-state index contributed by atoms with van der Waals surface area (Å²) in [5.41, 5.74) is 0. The largest absolute Gasteiger partial charge is 0.378 e. The van der Waals surface area contributed by atoms with Crippen molar-refractivity contribution >= 4 is 17.4 Å². The summed E-state index contributed by atoms with van der Waals surface area (Å²) in [7, 11) is 4.02. The first-order valence-electron chi connectivity index (χ1n) is 3.53. The molecule has 11 heavy (non-hydrogen) atoms. The predicted octanol–water partition coefficient (Wildman–Crippen LogP) is 0.667. The van der Waals surface area contributed by atoms with Crippen LogP contribution in [0.5, 0.6) is 0 Å². The van der Waals surface area contributed by atoms with E-state index in [-0.39, 0.29) is 0 Å². The van der Waals surface area contributed by atoms with E-state index in [9.17, 15) is 0 Å². The van der Waals surface area contributed by atoms with Gasteiger partial charge in [-0.15, -0.1) is 0 Å². The number of ether oxygens (including phenoxy) is 1. The molecule has 0 N–H and O–H groups in total. The van der Waals surface area contributed by atoms with Gasteiger partial charge in [0.25, 0.3) is 0 Å². The van der Waals surface area contributed by atoms with Crippen LogP contribution in [0.25, 0.3) is 0 Å². The Balaban J connectivity index is 2.96. The van der Waals surface area contributed by atoms with Gasteiger partial charge in [0, 0.05) is 6.54 Å². The van der Waals surface area contributed by atoms with Gasteiger partial charge in [0.15, 0.2) is 0 Å². The number of aliphatic imine (C=N–C) groups is 1. The zero-order valence-electron chi connectivity index (χ0n) is 7.04. The third-order valence-electron chi connectivity index (χ3n) is 1.09. The fourth-order valence-corrected chi connectivity index (χ4v) is 0.596. The molecule has 0 aliphatic heterocycles. The highest BCUT2D eigenvalue weighted by Crippen LogP contribution is 1.78. The Bertz CT molecular complexity index is 132. The minimum Gasteiger partial charge on any atom is -0.378 e. The average Bonchev–Trinajstić information content (AvgIpc) is 1.96. The van der Waals surface area contributed by atoms with Gasteiger partial charge >= 0.3 is 0 Å². The Kier molecular flexibility index (Phi) is 7.62. The molecule has 0 saturated carbocycles. The SMILES string of the molecule is CN(C)CCOCCN=C=S. The van der Waals surface area contributed by atoms with Gasteiger partial charge in [0.05, 0.1) is 24.9 Å². The zero-order valence-corrected chi connectivity index (χ0v) is 7.86. The third-order valence-corrected chi connectivity index (χ3v) is 1.22. The molecule has 0 rings (SSSR count). The monoisotopic (exact) mass is 174 g/mol. The van der Waals surface area contributed by atoms with Crippen LogP contribution in [0.4, 0.5) is 0 Å². The Hall–Kier alpha value is -0.280. The van der Waals surface area contributed by atoms with Crippen LogP contribution in [0.3, 0.4) is 0 Å². The molecule has 0 heterocycles. The van der Waals surface area contributed by atoms with Gasteiger partial charge in [-0.05, 0) is 26.3 Å². The molecule has 0 radical (unpaired) electrons. The molecule has 0 unspecified atom stereocenters. The number of isothiocyanates is 1. The molecule has 4 heteroatoms. The normalized spacial score (nSPS) is 9.73. The van der Waals surface area contributed by atoms with Crippen LogP contribution in [0.1, 0.15) is 0 Å². The molecule has 0 aromatic rings. The average molecular weight is 174 g/mol. The lowest BCUT2D eigenvalue weighted by molar-refractivity contribution is 0.124. The summed E-state index contributed by atoms with van der Waals surface area (Å²) in [5.74, 6) is 0. The molecule has 0 bridgehead atoms. The van der Waals surface area contributed by atoms with Crippen molar-refractivity contribution in [1.29, 1.82) is 0 Å². The van der Waals surface area contributed by atoms with Crippen molar-refractivity contribution in [2.45, 2.75) is 0 Å². The third kappa shape index (κ3) is 9.72. The number of nitrogens with zero attached hydrogens (tertiary/aromatic N) is 2. The maximum absolute atomic E-state index is 5.22. The Morgan fingerprint density at radius 2 is 2.18 bits per heavy atom. The molecule has 0 aromatic carbocycles. The van der Waals surface area contributed by atoms with E-state index < -0.39 is 0 Å². The van der Waals surface area contributed by atoms with Crippen LogP contribution >= 0.6 is 12.2 Å². The van der Waals surface area contributed by atoms with Crippen LogP contribution in [0.2, 0.25) is 0 Å². The fourth-order valence-electron chi connectivity index (χ4n) is 0.505. The number of hydrogen-bond acceptors (Lipinski definition) is 4. The molecule has 0 aliphatic rings. The first kappa shape index (κ1) is 10.7. The Labute approximate surface area is 73.1 Å². The minimum atomic E-state index is 0.622. The number of likely N-dealkylation sites (N-methyl/N-ethyl adjacent to an activating group) is 1. The van der Waals surface area contributed by atoms with Gasteiger partial charge in [-0.25, -0.2) is 4.99 Å². The van der Waals surface area contributed by atoms with Crippen LogP contribution < -0.4 is 0 Å². The molecular weight excluding hydrogens is 160 g/mol. The van der Waals surface area contributed by atoms with Crippen molar-refractivity contribution in [3.63, 3.8) is 0 Å². The summed E-state index contributed by atoms with van der Waals surface area (Å²) < 4.78 is 5.22. The summed E-state index contributed by atoms with van der Waals surface area (Å²) in [4.78, 5) is 5.79. The summed E-state index contributed by atoms with van der Waals surface area (Å²) >= 11 is 4.39. The molecule has 0 aromatic heterocycles. The molecule has 0 aliphatic carbocycles. The first-order chi connectivity index (χ1) is 5.27. The quantitative estimate of drug-likeness (QED) is 0.336. The first-order valence-corrected chi connectivity index (χ1v) is 3.94. The van der Waals surface area contributed by atoms with Crippen molar-refractivity contribution in [2.75, 3.05) is 40.4 Å². The number of hydrogen-bond donors (Lipinski definition) is 0. The Morgan fingerprint density at radius 1 is 1.45 bits per heavy atom. The van der Waals surface area contributed by atoms with Gasteiger partial charge in [-0.1, -0.05) is 0 Å². The van der Waals surface area contributed by atoms with Gasteiger partial charge in [0.1, 0.15) is 0 Å². The summed E-state index contributed by atoms with van der Waals surface area (Å²) in [5, 5.41) is 2.29. The molecule has 0 amide bonds. The lowest BCUT2D eigenvalue weighted by Gasteiger charge is -2.08. The summed E-state index contributed by atoms with van der Waals surface area (Å²) in [6, 6.07) is 0. The van der Waals surface area contributed by atoms with Crippen LogP contribution in [0.15, 0.2) is 4.99 Å². The van der Waals surface area contributed by atoms with Crippen molar-refractivity contribution < 1.29 is 4.74 Å². The van der Waals surface area contributed by atoms with Gasteiger partial charge in [0.2, 0.25) is 0 Å². The van der Waals surface area contributed by atoms with Crippen molar-refractivity contribution in [1.82, 2.24) is 4.90 Å². The van der Waals surface area contributed by atoms with Crippen LogP contribution in [-0.2, 0) is 4.74 Å². The highest BCUT2D eigenvalue weighted by atomic mass is 32.1. The molecule has 0 saturated heterocycles. The van der Waals surface area contributed by atoms with E-state index in [2.05, 4.69) is 27.3 Å².